The molecule has 0 saturated carbocycles. The van der Waals surface area contributed by atoms with E-state index in [0.29, 0.717) is 16.3 Å². The molecule has 2 rings (SSSR count). The van der Waals surface area contributed by atoms with E-state index in [1.165, 1.54) is 0 Å². The number of rotatable bonds is 4. The van der Waals surface area contributed by atoms with Gasteiger partial charge in [-0.1, -0.05) is 41.4 Å². The zero-order valence-electron chi connectivity index (χ0n) is 11.4. The van der Waals surface area contributed by atoms with Crippen LogP contribution in [0.3, 0.4) is 0 Å². The maximum atomic E-state index is 12.1. The van der Waals surface area contributed by atoms with E-state index < -0.39 is 0 Å². The zero-order valence-corrected chi connectivity index (χ0v) is 12.1. The van der Waals surface area contributed by atoms with E-state index in [9.17, 15) is 4.79 Å². The Hall–Kier alpha value is -2.13. The summed E-state index contributed by atoms with van der Waals surface area (Å²) in [7, 11) is 0. The van der Waals surface area contributed by atoms with Crippen molar-refractivity contribution >= 4 is 28.8 Å². The maximum absolute atomic E-state index is 12.1. The van der Waals surface area contributed by atoms with Gasteiger partial charge in [0.15, 0.2) is 0 Å². The van der Waals surface area contributed by atoms with E-state index >= 15 is 0 Å². The summed E-state index contributed by atoms with van der Waals surface area (Å²) in [6.07, 6.45) is 0. The quantitative estimate of drug-likeness (QED) is 0.517. The molecule has 0 aliphatic heterocycles. The number of nitrogens with one attached hydrogen (secondary N) is 1. The fourth-order valence-corrected chi connectivity index (χ4v) is 1.76. The summed E-state index contributed by atoms with van der Waals surface area (Å²) in [4.78, 5) is 12.1. The van der Waals surface area contributed by atoms with E-state index in [1.807, 2.05) is 19.1 Å². The molecule has 2 aromatic carbocycles. The van der Waals surface area contributed by atoms with Crippen LogP contribution in [0.2, 0.25) is 5.02 Å². The van der Waals surface area contributed by atoms with Crippen molar-refractivity contribution in [3.05, 3.63) is 64.7 Å². The molecule has 0 unspecified atom stereocenters. The van der Waals surface area contributed by atoms with E-state index in [0.717, 1.165) is 11.3 Å². The first-order valence-electron chi connectivity index (χ1n) is 6.23. The number of Topliss-reactive ketones (excluding diaryl/α,β-unsaturated/α-hetero) is 1. The lowest BCUT2D eigenvalue weighted by atomic mass is 10.1. The molecule has 0 amide bonds. The van der Waals surface area contributed by atoms with Gasteiger partial charge in [-0.25, -0.2) is 0 Å². The smallest absolute Gasteiger partial charge is 0.208 e. The average Bonchev–Trinajstić information content (AvgIpc) is 2.46. The van der Waals surface area contributed by atoms with Crippen LogP contribution < -0.4 is 5.43 Å². The second-order valence-electron chi connectivity index (χ2n) is 4.51. The van der Waals surface area contributed by atoms with Crippen molar-refractivity contribution in [2.75, 3.05) is 5.43 Å². The lowest BCUT2D eigenvalue weighted by Gasteiger charge is -2.03. The summed E-state index contributed by atoms with van der Waals surface area (Å²) in [5, 5.41) is 4.76. The fourth-order valence-electron chi connectivity index (χ4n) is 1.64. The second-order valence-corrected chi connectivity index (χ2v) is 4.95. The Kier molecular flexibility index (Phi) is 4.53. The van der Waals surface area contributed by atoms with Gasteiger partial charge in [-0.3, -0.25) is 10.2 Å². The number of hydrogen-bond acceptors (Lipinski definition) is 3. The molecule has 0 radical (unpaired) electrons. The third kappa shape index (κ3) is 3.68. The minimum absolute atomic E-state index is 0.0912. The van der Waals surface area contributed by atoms with Crippen LogP contribution in [0.1, 0.15) is 22.8 Å². The molecule has 0 bridgehead atoms. The molecular formula is C16H15ClN2O. The predicted molar refractivity (Wildman–Crippen MR) is 83.7 cm³/mol. The van der Waals surface area contributed by atoms with Gasteiger partial charge in [0, 0.05) is 10.6 Å². The van der Waals surface area contributed by atoms with Crippen LogP contribution in [-0.2, 0) is 0 Å². The highest BCUT2D eigenvalue weighted by Gasteiger charge is 2.09. The Morgan fingerprint density at radius 3 is 2.25 bits per heavy atom. The molecule has 0 aromatic heterocycles. The molecule has 1 N–H and O–H groups in total. The molecule has 0 fully saturated rings. The van der Waals surface area contributed by atoms with Gasteiger partial charge in [0.25, 0.3) is 0 Å². The van der Waals surface area contributed by atoms with Gasteiger partial charge in [-0.05, 0) is 38.1 Å². The van der Waals surface area contributed by atoms with E-state index in [1.54, 1.807) is 43.3 Å². The summed E-state index contributed by atoms with van der Waals surface area (Å²) in [6.45, 7) is 3.67. The average molecular weight is 287 g/mol. The molecule has 0 heterocycles. The molecule has 0 aliphatic rings. The molecule has 2 aromatic rings. The molecule has 102 valence electrons. The molecule has 3 nitrogen and oxygen atoms in total. The molecule has 0 aliphatic carbocycles. The number of halogens is 1. The summed E-state index contributed by atoms with van der Waals surface area (Å²) in [5.41, 5.74) is 5.79. The number of carbonyl (C=O) groups is 1. The van der Waals surface area contributed by atoms with Crippen LogP contribution in [0.25, 0.3) is 0 Å². The highest BCUT2D eigenvalue weighted by atomic mass is 35.5. The van der Waals surface area contributed by atoms with Crippen molar-refractivity contribution in [3.63, 3.8) is 0 Å². The largest absolute Gasteiger partial charge is 0.287 e. The van der Waals surface area contributed by atoms with E-state index in [-0.39, 0.29) is 5.78 Å². The Bertz CT molecular complexity index is 631. The normalized spacial score (nSPS) is 11.2. The van der Waals surface area contributed by atoms with Crippen LogP contribution in [0, 0.1) is 6.92 Å². The minimum atomic E-state index is -0.0912. The van der Waals surface area contributed by atoms with Gasteiger partial charge in [-0.2, -0.15) is 5.10 Å². The van der Waals surface area contributed by atoms with Gasteiger partial charge in [-0.15, -0.1) is 0 Å². The van der Waals surface area contributed by atoms with Crippen molar-refractivity contribution in [1.82, 2.24) is 0 Å². The number of benzene rings is 2. The lowest BCUT2D eigenvalue weighted by Crippen LogP contribution is -2.12. The highest BCUT2D eigenvalue weighted by molar-refractivity contribution is 6.45. The minimum Gasteiger partial charge on any atom is -0.287 e. The van der Waals surface area contributed by atoms with Crippen LogP contribution in [0.15, 0.2) is 53.6 Å². The fraction of sp³-hybridized carbons (Fsp3) is 0.125. The van der Waals surface area contributed by atoms with Crippen LogP contribution in [0.4, 0.5) is 5.69 Å². The summed E-state index contributed by atoms with van der Waals surface area (Å²) in [5.74, 6) is -0.0912. The number of anilines is 1. The molecule has 4 heteroatoms. The topological polar surface area (TPSA) is 41.5 Å². The lowest BCUT2D eigenvalue weighted by molar-refractivity contribution is 0.106. The Morgan fingerprint density at radius 1 is 1.05 bits per heavy atom. The first-order chi connectivity index (χ1) is 9.56. The van der Waals surface area contributed by atoms with E-state index in [4.69, 9.17) is 11.6 Å². The van der Waals surface area contributed by atoms with Gasteiger partial charge in [0.2, 0.25) is 5.78 Å². The van der Waals surface area contributed by atoms with Gasteiger partial charge >= 0.3 is 0 Å². The van der Waals surface area contributed by atoms with E-state index in [2.05, 4.69) is 10.5 Å². The third-order valence-corrected chi connectivity index (χ3v) is 3.09. The van der Waals surface area contributed by atoms with Crippen molar-refractivity contribution < 1.29 is 4.79 Å². The summed E-state index contributed by atoms with van der Waals surface area (Å²) in [6, 6.07) is 14.6. The number of carbonyl (C=O) groups excluding carboxylic acids is 1. The second kappa shape index (κ2) is 6.35. The number of hydrogen-bond donors (Lipinski definition) is 1. The predicted octanol–water partition coefficient (Wildman–Crippen LogP) is 4.32. The molecule has 0 spiro atoms. The molecular weight excluding hydrogens is 272 g/mol. The number of hydrazone groups is 1. The number of aryl methyl sites for hydroxylation is 1. The Labute approximate surface area is 123 Å². The molecule has 0 saturated heterocycles. The van der Waals surface area contributed by atoms with Crippen LogP contribution in [0.5, 0.6) is 0 Å². The summed E-state index contributed by atoms with van der Waals surface area (Å²) < 4.78 is 0. The number of ketones is 1. The van der Waals surface area contributed by atoms with Crippen LogP contribution in [-0.4, -0.2) is 11.5 Å². The van der Waals surface area contributed by atoms with Crippen molar-refractivity contribution in [2.24, 2.45) is 5.10 Å². The maximum Gasteiger partial charge on any atom is 0.208 e. The highest BCUT2D eigenvalue weighted by Crippen LogP contribution is 2.13. The first kappa shape index (κ1) is 14.3. The van der Waals surface area contributed by atoms with Crippen molar-refractivity contribution in [1.29, 1.82) is 0 Å². The zero-order chi connectivity index (χ0) is 14.5. The van der Waals surface area contributed by atoms with Crippen molar-refractivity contribution in [3.8, 4) is 0 Å². The van der Waals surface area contributed by atoms with Crippen LogP contribution >= 0.6 is 11.6 Å². The van der Waals surface area contributed by atoms with Gasteiger partial charge in [0.05, 0.1) is 5.69 Å². The third-order valence-electron chi connectivity index (χ3n) is 2.84. The Morgan fingerprint density at radius 2 is 1.65 bits per heavy atom. The molecule has 0 atom stereocenters. The standard InChI is InChI=1S/C16H15ClN2O/c1-11-3-5-13(6-4-11)16(20)12(2)18-19-15-9-7-14(17)8-10-15/h3-10,19H,1-2H3/b18-12+. The van der Waals surface area contributed by atoms with Gasteiger partial charge < -0.3 is 0 Å². The SMILES string of the molecule is C/C(=N\Nc1ccc(Cl)cc1)C(=O)c1ccc(C)cc1. The summed E-state index contributed by atoms with van der Waals surface area (Å²) >= 11 is 5.80. The number of nitrogens with zero attached hydrogens (tertiary/aromatic N) is 1. The monoisotopic (exact) mass is 286 g/mol. The Balaban J connectivity index is 2.08. The van der Waals surface area contributed by atoms with Gasteiger partial charge in [0.1, 0.15) is 5.71 Å². The first-order valence-corrected chi connectivity index (χ1v) is 6.61. The molecule has 20 heavy (non-hydrogen) atoms. The van der Waals surface area contributed by atoms with Crippen molar-refractivity contribution in [2.45, 2.75) is 13.8 Å².